The van der Waals surface area contributed by atoms with Crippen molar-refractivity contribution >= 4 is 11.6 Å². The Bertz CT molecular complexity index is 819. The van der Waals surface area contributed by atoms with Crippen molar-refractivity contribution in [1.82, 2.24) is 19.9 Å². The molecule has 0 unspecified atom stereocenters. The van der Waals surface area contributed by atoms with E-state index >= 15 is 0 Å². The summed E-state index contributed by atoms with van der Waals surface area (Å²) >= 11 is 0. The highest BCUT2D eigenvalue weighted by Gasteiger charge is 2.30. The van der Waals surface area contributed by atoms with Gasteiger partial charge in [-0.1, -0.05) is 0 Å². The van der Waals surface area contributed by atoms with Gasteiger partial charge in [-0.3, -0.25) is 0 Å². The maximum atomic E-state index is 13.2. The van der Waals surface area contributed by atoms with Crippen molar-refractivity contribution in [2.24, 2.45) is 0 Å². The molecule has 0 aromatic carbocycles. The molecule has 1 saturated carbocycles. The van der Waals surface area contributed by atoms with E-state index in [1.54, 1.807) is 6.20 Å². The van der Waals surface area contributed by atoms with E-state index in [1.807, 2.05) is 15.9 Å². The SMILES string of the molecule is N#Cc1nccnc1N1CCN(c2cc(C(F)F)nc(C3CC3)n2)CC1. The molecule has 1 aliphatic carbocycles. The van der Waals surface area contributed by atoms with Gasteiger partial charge in [-0.05, 0) is 12.8 Å². The van der Waals surface area contributed by atoms with Crippen LogP contribution in [0.2, 0.25) is 0 Å². The van der Waals surface area contributed by atoms with Crippen molar-refractivity contribution < 1.29 is 8.78 Å². The van der Waals surface area contributed by atoms with Crippen LogP contribution in [0.25, 0.3) is 0 Å². The summed E-state index contributed by atoms with van der Waals surface area (Å²) in [6.45, 7) is 2.43. The minimum Gasteiger partial charge on any atom is -0.353 e. The van der Waals surface area contributed by atoms with Gasteiger partial charge >= 0.3 is 0 Å². The lowest BCUT2D eigenvalue weighted by atomic mass is 10.2. The smallest absolute Gasteiger partial charge is 0.280 e. The van der Waals surface area contributed by atoms with Crippen LogP contribution >= 0.6 is 0 Å². The number of nitrogens with zero attached hydrogens (tertiary/aromatic N) is 7. The second-order valence-corrected chi connectivity index (χ2v) is 6.40. The Kier molecular flexibility index (Phi) is 4.32. The van der Waals surface area contributed by atoms with E-state index in [0.29, 0.717) is 49.3 Å². The molecule has 2 aromatic rings. The molecule has 0 spiro atoms. The molecule has 0 amide bonds. The minimum absolute atomic E-state index is 0.208. The molecule has 0 bridgehead atoms. The molecule has 0 N–H and O–H groups in total. The van der Waals surface area contributed by atoms with E-state index in [9.17, 15) is 14.0 Å². The summed E-state index contributed by atoms with van der Waals surface area (Å²) in [5.74, 6) is 1.85. The van der Waals surface area contributed by atoms with E-state index in [0.717, 1.165) is 12.8 Å². The highest BCUT2D eigenvalue weighted by Crippen LogP contribution is 2.39. The van der Waals surface area contributed by atoms with Gasteiger partial charge in [0.05, 0.1) is 0 Å². The summed E-state index contributed by atoms with van der Waals surface area (Å²) in [7, 11) is 0. The van der Waals surface area contributed by atoms with Crippen molar-refractivity contribution in [1.29, 1.82) is 5.26 Å². The zero-order chi connectivity index (χ0) is 18.1. The van der Waals surface area contributed by atoms with Gasteiger partial charge in [0.15, 0.2) is 11.5 Å². The number of anilines is 2. The van der Waals surface area contributed by atoms with Crippen LogP contribution in [0.4, 0.5) is 20.4 Å². The van der Waals surface area contributed by atoms with Crippen molar-refractivity contribution in [2.75, 3.05) is 36.0 Å². The van der Waals surface area contributed by atoms with Crippen molar-refractivity contribution in [3.05, 3.63) is 35.7 Å². The zero-order valence-corrected chi connectivity index (χ0v) is 14.0. The second kappa shape index (κ2) is 6.78. The largest absolute Gasteiger partial charge is 0.353 e. The molecule has 1 saturated heterocycles. The maximum Gasteiger partial charge on any atom is 0.280 e. The number of hydrogen-bond acceptors (Lipinski definition) is 7. The molecule has 4 rings (SSSR count). The summed E-state index contributed by atoms with van der Waals surface area (Å²) in [5, 5.41) is 9.17. The van der Waals surface area contributed by atoms with Crippen LogP contribution in [0, 0.1) is 11.3 Å². The van der Waals surface area contributed by atoms with Gasteiger partial charge in [0.2, 0.25) is 0 Å². The number of alkyl halides is 2. The Labute approximate surface area is 149 Å². The predicted octanol–water partition coefficient (Wildman–Crippen LogP) is 2.28. The number of halogens is 2. The normalized spacial score (nSPS) is 17.5. The standard InChI is InChI=1S/C17H17F2N7/c18-15(19)12-9-14(24-16(23-12)11-1-2-11)25-5-7-26(8-6-25)17-13(10-20)21-3-4-22-17/h3-4,9,11,15H,1-2,5-8H2. The Morgan fingerprint density at radius 2 is 1.73 bits per heavy atom. The Morgan fingerprint density at radius 1 is 1.04 bits per heavy atom. The van der Waals surface area contributed by atoms with Gasteiger partial charge in [0.25, 0.3) is 6.43 Å². The number of piperazine rings is 1. The second-order valence-electron chi connectivity index (χ2n) is 6.40. The van der Waals surface area contributed by atoms with Gasteiger partial charge in [-0.2, -0.15) is 5.26 Å². The van der Waals surface area contributed by atoms with Crippen LogP contribution in [0.1, 0.15) is 42.4 Å². The topological polar surface area (TPSA) is 81.8 Å². The van der Waals surface area contributed by atoms with Gasteiger partial charge in [0.1, 0.15) is 23.4 Å². The molecule has 2 aromatic heterocycles. The number of aromatic nitrogens is 4. The van der Waals surface area contributed by atoms with E-state index in [1.165, 1.54) is 12.3 Å². The number of nitriles is 1. The number of hydrogen-bond donors (Lipinski definition) is 0. The van der Waals surface area contributed by atoms with Crippen LogP contribution in [0.3, 0.4) is 0 Å². The Morgan fingerprint density at radius 3 is 2.38 bits per heavy atom. The molecule has 0 radical (unpaired) electrons. The first-order chi connectivity index (χ1) is 12.7. The summed E-state index contributed by atoms with van der Waals surface area (Å²) in [4.78, 5) is 20.8. The fourth-order valence-corrected chi connectivity index (χ4v) is 3.06. The molecule has 26 heavy (non-hydrogen) atoms. The fraction of sp³-hybridized carbons (Fsp3) is 0.471. The third-order valence-electron chi connectivity index (χ3n) is 4.60. The van der Waals surface area contributed by atoms with E-state index < -0.39 is 6.43 Å². The first-order valence-electron chi connectivity index (χ1n) is 8.53. The van der Waals surface area contributed by atoms with Gasteiger partial charge in [0, 0.05) is 50.6 Å². The molecule has 1 aliphatic heterocycles. The van der Waals surface area contributed by atoms with E-state index in [4.69, 9.17) is 0 Å². The predicted molar refractivity (Wildman–Crippen MR) is 90.1 cm³/mol. The Hall–Kier alpha value is -2.89. The minimum atomic E-state index is -2.60. The molecular formula is C17H17F2N7. The molecule has 3 heterocycles. The average Bonchev–Trinajstić information content (AvgIpc) is 3.53. The molecule has 9 heteroatoms. The van der Waals surface area contributed by atoms with Gasteiger partial charge in [-0.25, -0.2) is 28.7 Å². The summed E-state index contributed by atoms with van der Waals surface area (Å²) in [5.41, 5.74) is 0.0824. The fourth-order valence-electron chi connectivity index (χ4n) is 3.06. The molecule has 2 fully saturated rings. The lowest BCUT2D eigenvalue weighted by Gasteiger charge is -2.36. The summed E-state index contributed by atoms with van der Waals surface area (Å²) in [6.07, 6.45) is 2.37. The van der Waals surface area contributed by atoms with Crippen molar-refractivity contribution in [3.8, 4) is 6.07 Å². The van der Waals surface area contributed by atoms with Crippen LogP contribution in [0.15, 0.2) is 18.5 Å². The number of rotatable bonds is 4. The molecule has 2 aliphatic rings. The highest BCUT2D eigenvalue weighted by atomic mass is 19.3. The van der Waals surface area contributed by atoms with Gasteiger partial charge in [-0.15, -0.1) is 0 Å². The van der Waals surface area contributed by atoms with Crippen molar-refractivity contribution in [3.63, 3.8) is 0 Å². The van der Waals surface area contributed by atoms with Crippen LogP contribution in [0.5, 0.6) is 0 Å². The average molecular weight is 357 g/mol. The quantitative estimate of drug-likeness (QED) is 0.830. The van der Waals surface area contributed by atoms with E-state index in [-0.39, 0.29) is 11.6 Å². The summed E-state index contributed by atoms with van der Waals surface area (Å²) < 4.78 is 26.4. The molecule has 0 atom stereocenters. The van der Waals surface area contributed by atoms with Gasteiger partial charge < -0.3 is 9.80 Å². The zero-order valence-electron chi connectivity index (χ0n) is 14.0. The lowest BCUT2D eigenvalue weighted by molar-refractivity contribution is 0.145. The first-order valence-corrected chi connectivity index (χ1v) is 8.53. The molecule has 7 nitrogen and oxygen atoms in total. The maximum absolute atomic E-state index is 13.2. The monoisotopic (exact) mass is 357 g/mol. The third-order valence-corrected chi connectivity index (χ3v) is 4.60. The Balaban J connectivity index is 1.52. The first kappa shape index (κ1) is 16.6. The van der Waals surface area contributed by atoms with Crippen LogP contribution in [-0.2, 0) is 0 Å². The van der Waals surface area contributed by atoms with Crippen molar-refractivity contribution in [2.45, 2.75) is 25.2 Å². The van der Waals surface area contributed by atoms with Crippen LogP contribution in [-0.4, -0.2) is 46.1 Å². The third kappa shape index (κ3) is 3.27. The summed E-state index contributed by atoms with van der Waals surface area (Å²) in [6, 6.07) is 3.43. The lowest BCUT2D eigenvalue weighted by Crippen LogP contribution is -2.47. The van der Waals surface area contributed by atoms with Crippen LogP contribution < -0.4 is 9.80 Å². The molecule has 134 valence electrons. The molecular weight excluding hydrogens is 340 g/mol. The highest BCUT2D eigenvalue weighted by molar-refractivity contribution is 5.51. The van der Waals surface area contributed by atoms with E-state index in [2.05, 4.69) is 19.9 Å².